The van der Waals surface area contributed by atoms with E-state index in [2.05, 4.69) is 20.9 Å². The number of aryl methyl sites for hydroxylation is 1. The van der Waals surface area contributed by atoms with Crippen LogP contribution in [0.5, 0.6) is 0 Å². The van der Waals surface area contributed by atoms with Crippen molar-refractivity contribution in [1.29, 1.82) is 0 Å². The van der Waals surface area contributed by atoms with Gasteiger partial charge < -0.3 is 14.6 Å². The fourth-order valence-corrected chi connectivity index (χ4v) is 2.57. The van der Waals surface area contributed by atoms with Crippen LogP contribution in [0.2, 0.25) is 0 Å². The number of benzene rings is 1. The number of methoxy groups -OCH3 is 1. The van der Waals surface area contributed by atoms with Crippen molar-refractivity contribution in [2.75, 3.05) is 19.0 Å². The van der Waals surface area contributed by atoms with Gasteiger partial charge in [-0.1, -0.05) is 12.1 Å². The highest BCUT2D eigenvalue weighted by atomic mass is 16.5. The first kappa shape index (κ1) is 11.5. The van der Waals surface area contributed by atoms with E-state index in [-0.39, 0.29) is 5.60 Å². The topological polar surface area (TPSA) is 39.1 Å². The summed E-state index contributed by atoms with van der Waals surface area (Å²) >= 11 is 0. The van der Waals surface area contributed by atoms with E-state index in [1.54, 1.807) is 7.11 Å². The van der Waals surface area contributed by atoms with E-state index >= 15 is 0 Å². The van der Waals surface area contributed by atoms with E-state index < -0.39 is 0 Å². The summed E-state index contributed by atoms with van der Waals surface area (Å²) in [5.41, 5.74) is 2.21. The largest absolute Gasteiger partial charge is 0.376 e. The van der Waals surface area contributed by atoms with E-state index in [1.807, 2.05) is 25.2 Å². The molecule has 4 heteroatoms. The summed E-state index contributed by atoms with van der Waals surface area (Å²) in [7, 11) is 3.84. The molecule has 0 spiro atoms. The van der Waals surface area contributed by atoms with Crippen LogP contribution in [0.1, 0.15) is 19.3 Å². The second-order valence-electron chi connectivity index (χ2n) is 5.08. The number of imidazole rings is 1. The van der Waals surface area contributed by atoms with Gasteiger partial charge in [-0.3, -0.25) is 0 Å². The van der Waals surface area contributed by atoms with E-state index in [9.17, 15) is 0 Å². The minimum Gasteiger partial charge on any atom is -0.376 e. The number of ether oxygens (including phenoxy) is 1. The smallest absolute Gasteiger partial charge is 0.203 e. The third-order valence-electron chi connectivity index (χ3n) is 4.05. The summed E-state index contributed by atoms with van der Waals surface area (Å²) in [6, 6.07) is 8.18. The molecule has 0 atom stereocenters. The van der Waals surface area contributed by atoms with Crippen molar-refractivity contribution in [3.8, 4) is 0 Å². The van der Waals surface area contributed by atoms with Crippen molar-refractivity contribution in [2.45, 2.75) is 24.9 Å². The lowest BCUT2D eigenvalue weighted by Gasteiger charge is -2.40. The van der Waals surface area contributed by atoms with Crippen LogP contribution in [0.15, 0.2) is 24.3 Å². The van der Waals surface area contributed by atoms with Gasteiger partial charge in [0.05, 0.1) is 16.6 Å². The lowest BCUT2D eigenvalue weighted by atomic mass is 9.80. The maximum atomic E-state index is 5.61. The molecule has 1 N–H and O–H groups in total. The standard InChI is InChI=1S/C14H19N3O/c1-17-12-7-4-3-6-11(12)16-13(17)15-10-14(18-2)8-5-9-14/h3-4,6-7H,5,8-10H2,1-2H3,(H,15,16). The van der Waals surface area contributed by atoms with Crippen LogP contribution in [0.4, 0.5) is 5.95 Å². The number of rotatable bonds is 4. The third-order valence-corrected chi connectivity index (χ3v) is 4.05. The molecule has 1 fully saturated rings. The van der Waals surface area contributed by atoms with Gasteiger partial charge in [0.15, 0.2) is 0 Å². The van der Waals surface area contributed by atoms with Crippen LogP contribution in [-0.4, -0.2) is 28.8 Å². The van der Waals surface area contributed by atoms with Gasteiger partial charge in [-0.15, -0.1) is 0 Å². The fourth-order valence-electron chi connectivity index (χ4n) is 2.57. The predicted molar refractivity (Wildman–Crippen MR) is 72.8 cm³/mol. The summed E-state index contributed by atoms with van der Waals surface area (Å²) in [6.45, 7) is 0.834. The molecule has 96 valence electrons. The molecule has 2 aromatic rings. The Bertz CT molecular complexity index is 552. The molecule has 4 nitrogen and oxygen atoms in total. The Balaban J connectivity index is 1.80. The molecule has 0 radical (unpaired) electrons. The first-order valence-electron chi connectivity index (χ1n) is 6.45. The molecule has 1 aromatic carbocycles. The molecule has 0 amide bonds. The minimum absolute atomic E-state index is 0.0259. The maximum Gasteiger partial charge on any atom is 0.203 e. The average molecular weight is 245 g/mol. The summed E-state index contributed by atoms with van der Waals surface area (Å²) in [6.07, 6.45) is 3.54. The van der Waals surface area contributed by atoms with Crippen molar-refractivity contribution < 1.29 is 4.74 Å². The first-order valence-corrected chi connectivity index (χ1v) is 6.45. The number of hydrogen-bond acceptors (Lipinski definition) is 3. The van der Waals surface area contributed by atoms with E-state index in [0.29, 0.717) is 0 Å². The zero-order valence-electron chi connectivity index (χ0n) is 10.9. The second-order valence-corrected chi connectivity index (χ2v) is 5.08. The van der Waals surface area contributed by atoms with Crippen molar-refractivity contribution in [1.82, 2.24) is 9.55 Å². The van der Waals surface area contributed by atoms with Crippen molar-refractivity contribution in [2.24, 2.45) is 7.05 Å². The number of nitrogens with zero attached hydrogens (tertiary/aromatic N) is 2. The SMILES string of the molecule is COC1(CNc2nc3ccccc3n2C)CCC1. The molecule has 1 aliphatic carbocycles. The number of anilines is 1. The van der Waals surface area contributed by atoms with Crippen LogP contribution in [0.25, 0.3) is 11.0 Å². The summed E-state index contributed by atoms with van der Waals surface area (Å²) in [4.78, 5) is 4.60. The molecular formula is C14H19N3O. The van der Waals surface area contributed by atoms with Crippen LogP contribution < -0.4 is 5.32 Å². The number of para-hydroxylation sites is 2. The van der Waals surface area contributed by atoms with Gasteiger partial charge in [0, 0.05) is 20.7 Å². The normalized spacial score (nSPS) is 17.7. The summed E-state index contributed by atoms with van der Waals surface area (Å²) in [5, 5.41) is 3.42. The number of fused-ring (bicyclic) bond motifs is 1. The number of hydrogen-bond donors (Lipinski definition) is 1. The Morgan fingerprint density at radius 3 is 2.78 bits per heavy atom. The summed E-state index contributed by atoms with van der Waals surface area (Å²) < 4.78 is 7.70. The van der Waals surface area contributed by atoms with Crippen molar-refractivity contribution in [3.63, 3.8) is 0 Å². The van der Waals surface area contributed by atoms with E-state index in [4.69, 9.17) is 4.74 Å². The van der Waals surface area contributed by atoms with Gasteiger partial charge in [-0.25, -0.2) is 4.98 Å². The molecule has 0 bridgehead atoms. The highest BCUT2D eigenvalue weighted by molar-refractivity contribution is 5.78. The molecular weight excluding hydrogens is 226 g/mol. The molecule has 3 rings (SSSR count). The second kappa shape index (κ2) is 4.28. The van der Waals surface area contributed by atoms with E-state index in [1.165, 1.54) is 6.42 Å². The highest BCUT2D eigenvalue weighted by Gasteiger charge is 2.36. The molecule has 0 unspecified atom stereocenters. The van der Waals surface area contributed by atoms with Gasteiger partial charge in [-0.2, -0.15) is 0 Å². The van der Waals surface area contributed by atoms with Crippen LogP contribution in [-0.2, 0) is 11.8 Å². The Morgan fingerprint density at radius 1 is 1.39 bits per heavy atom. The molecule has 1 aromatic heterocycles. The predicted octanol–water partition coefficient (Wildman–Crippen LogP) is 2.55. The van der Waals surface area contributed by atoms with Gasteiger partial charge in [-0.05, 0) is 31.4 Å². The zero-order valence-corrected chi connectivity index (χ0v) is 10.9. The molecule has 1 aliphatic rings. The Hall–Kier alpha value is -1.55. The molecule has 18 heavy (non-hydrogen) atoms. The average Bonchev–Trinajstić information content (AvgIpc) is 2.67. The Kier molecular flexibility index (Phi) is 2.74. The van der Waals surface area contributed by atoms with Crippen molar-refractivity contribution >= 4 is 17.0 Å². The van der Waals surface area contributed by atoms with Crippen LogP contribution >= 0.6 is 0 Å². The molecule has 0 aliphatic heterocycles. The fraction of sp³-hybridized carbons (Fsp3) is 0.500. The lowest BCUT2D eigenvalue weighted by molar-refractivity contribution is -0.0602. The van der Waals surface area contributed by atoms with Crippen molar-refractivity contribution in [3.05, 3.63) is 24.3 Å². The highest BCUT2D eigenvalue weighted by Crippen LogP contribution is 2.35. The van der Waals surface area contributed by atoms with Gasteiger partial charge in [0.2, 0.25) is 5.95 Å². The first-order chi connectivity index (χ1) is 8.74. The molecule has 1 heterocycles. The Morgan fingerprint density at radius 2 is 2.17 bits per heavy atom. The maximum absolute atomic E-state index is 5.61. The number of nitrogens with one attached hydrogen (secondary N) is 1. The lowest BCUT2D eigenvalue weighted by Crippen LogP contribution is -2.45. The minimum atomic E-state index is 0.0259. The quantitative estimate of drug-likeness (QED) is 0.899. The van der Waals surface area contributed by atoms with Gasteiger partial charge in [0.1, 0.15) is 0 Å². The van der Waals surface area contributed by atoms with Gasteiger partial charge in [0.25, 0.3) is 0 Å². The van der Waals surface area contributed by atoms with E-state index in [0.717, 1.165) is 36.4 Å². The monoisotopic (exact) mass is 245 g/mol. The zero-order chi connectivity index (χ0) is 12.6. The molecule has 1 saturated carbocycles. The van der Waals surface area contributed by atoms with Crippen LogP contribution in [0, 0.1) is 0 Å². The third kappa shape index (κ3) is 1.77. The van der Waals surface area contributed by atoms with Crippen LogP contribution in [0.3, 0.4) is 0 Å². The summed E-state index contributed by atoms with van der Waals surface area (Å²) in [5.74, 6) is 0.916. The number of aromatic nitrogens is 2. The van der Waals surface area contributed by atoms with Gasteiger partial charge >= 0.3 is 0 Å². The molecule has 0 saturated heterocycles. The Labute approximate surface area is 107 Å².